The van der Waals surface area contributed by atoms with E-state index in [2.05, 4.69) is 11.1 Å². The van der Waals surface area contributed by atoms with Crippen molar-refractivity contribution in [3.63, 3.8) is 0 Å². The van der Waals surface area contributed by atoms with Crippen molar-refractivity contribution in [3.05, 3.63) is 94.8 Å². The number of hydrogen-bond donors (Lipinski definition) is 0. The van der Waals surface area contributed by atoms with E-state index in [1.807, 2.05) is 48.2 Å². The van der Waals surface area contributed by atoms with E-state index in [0.717, 1.165) is 24.2 Å². The predicted molar refractivity (Wildman–Crippen MR) is 153 cm³/mol. The summed E-state index contributed by atoms with van der Waals surface area (Å²) in [6, 6.07) is 20.6. The van der Waals surface area contributed by atoms with Crippen LogP contribution < -0.4 is 4.74 Å². The molecular weight excluding hydrogens is 519 g/mol. The summed E-state index contributed by atoms with van der Waals surface area (Å²) in [5.41, 5.74) is 3.52. The molecule has 1 amide bonds. The molecular formula is C33H35FN4O3. The van der Waals surface area contributed by atoms with E-state index in [-0.39, 0.29) is 42.4 Å². The maximum absolute atomic E-state index is 15.0. The van der Waals surface area contributed by atoms with Gasteiger partial charge in [-0.05, 0) is 67.8 Å². The minimum absolute atomic E-state index is 0.0713. The van der Waals surface area contributed by atoms with Crippen LogP contribution in [0.25, 0.3) is 0 Å². The zero-order chi connectivity index (χ0) is 28.8. The fraction of sp³-hybridized carbons (Fsp3) is 0.394. The van der Waals surface area contributed by atoms with Crippen molar-refractivity contribution in [1.29, 1.82) is 5.26 Å². The number of aryl methyl sites for hydroxylation is 1. The number of rotatable bonds is 8. The van der Waals surface area contributed by atoms with Gasteiger partial charge in [-0.15, -0.1) is 0 Å². The van der Waals surface area contributed by atoms with Gasteiger partial charge in [0.05, 0.1) is 17.2 Å². The van der Waals surface area contributed by atoms with Crippen LogP contribution in [0.1, 0.15) is 63.2 Å². The topological polar surface area (TPSA) is 86.5 Å². The number of alkyl halides is 1. The monoisotopic (exact) mass is 554 g/mol. The summed E-state index contributed by atoms with van der Waals surface area (Å²) < 4.78 is 21.1. The van der Waals surface area contributed by atoms with E-state index in [0.29, 0.717) is 43.7 Å². The van der Waals surface area contributed by atoms with Crippen LogP contribution in [0, 0.1) is 24.2 Å². The third kappa shape index (κ3) is 7.36. The number of ether oxygens (including phenoxy) is 1. The molecule has 0 spiro atoms. The number of nitriles is 1. The third-order valence-electron chi connectivity index (χ3n) is 8.05. The normalized spacial score (nSPS) is 19.9. The fourth-order valence-corrected chi connectivity index (χ4v) is 5.53. The number of aromatic nitrogens is 1. The van der Waals surface area contributed by atoms with Crippen molar-refractivity contribution in [2.75, 3.05) is 26.2 Å². The average Bonchev–Trinajstić information content (AvgIpc) is 3.00. The molecule has 0 N–H and O–H groups in total. The standard InChI is InChI=1S/C33H35FN4O3/c1-23-2-9-28(10-3-23)41-29-13-16-38(17-14-29)33(40)27-8-11-31(36-20-27)32(39)18-26-12-15-37(22-30(26)34)21-25-6-4-24(19-35)5-7-25/h2-11,20,26,29-30H,12-18,21-22H2,1H3/t26-,30+/m0/s1. The van der Waals surface area contributed by atoms with E-state index in [1.165, 1.54) is 11.8 Å². The highest BCUT2D eigenvalue weighted by Gasteiger charge is 2.31. The molecule has 8 heteroatoms. The summed E-state index contributed by atoms with van der Waals surface area (Å²) in [7, 11) is 0. The number of likely N-dealkylation sites (tertiary alicyclic amines) is 2. The van der Waals surface area contributed by atoms with E-state index in [9.17, 15) is 9.59 Å². The van der Waals surface area contributed by atoms with Gasteiger partial charge in [-0.2, -0.15) is 5.26 Å². The molecule has 212 valence electrons. The molecule has 2 aliphatic rings. The van der Waals surface area contributed by atoms with Crippen molar-refractivity contribution in [2.24, 2.45) is 5.92 Å². The number of benzene rings is 2. The van der Waals surface area contributed by atoms with Gasteiger partial charge in [0.15, 0.2) is 5.78 Å². The Labute approximate surface area is 240 Å². The van der Waals surface area contributed by atoms with Gasteiger partial charge >= 0.3 is 0 Å². The first-order chi connectivity index (χ1) is 19.9. The number of hydrogen-bond acceptors (Lipinski definition) is 6. The number of amides is 1. The van der Waals surface area contributed by atoms with Crippen LogP contribution >= 0.6 is 0 Å². The third-order valence-corrected chi connectivity index (χ3v) is 8.05. The van der Waals surface area contributed by atoms with Crippen molar-refractivity contribution in [3.8, 4) is 11.8 Å². The number of halogens is 1. The number of nitrogens with zero attached hydrogens (tertiary/aromatic N) is 4. The zero-order valence-corrected chi connectivity index (χ0v) is 23.3. The fourth-order valence-electron chi connectivity index (χ4n) is 5.53. The molecule has 2 fully saturated rings. The van der Waals surface area contributed by atoms with Crippen LogP contribution in [0.3, 0.4) is 0 Å². The number of ketones is 1. The lowest BCUT2D eigenvalue weighted by atomic mass is 9.89. The van der Waals surface area contributed by atoms with Crippen molar-refractivity contribution < 1.29 is 18.7 Å². The van der Waals surface area contributed by atoms with Crippen LogP contribution in [0.5, 0.6) is 5.75 Å². The summed E-state index contributed by atoms with van der Waals surface area (Å²) in [4.78, 5) is 34.0. The number of Topliss-reactive ketones (excluding diaryl/α,β-unsaturated/α-hetero) is 1. The number of piperidine rings is 2. The lowest BCUT2D eigenvalue weighted by molar-refractivity contribution is 0.0594. The molecule has 0 radical (unpaired) electrons. The van der Waals surface area contributed by atoms with Gasteiger partial charge in [-0.3, -0.25) is 19.5 Å². The first-order valence-electron chi connectivity index (χ1n) is 14.3. The quantitative estimate of drug-likeness (QED) is 0.348. The van der Waals surface area contributed by atoms with Crippen LogP contribution in [-0.2, 0) is 6.54 Å². The Morgan fingerprint density at radius 2 is 1.73 bits per heavy atom. The molecule has 41 heavy (non-hydrogen) atoms. The predicted octanol–water partition coefficient (Wildman–Crippen LogP) is 5.38. The SMILES string of the molecule is Cc1ccc(OC2CCN(C(=O)c3ccc(C(=O)C[C@@H]4CCN(Cc5ccc(C#N)cc5)C[C@H]4F)nc3)CC2)cc1. The van der Waals surface area contributed by atoms with Crippen LogP contribution in [0.4, 0.5) is 4.39 Å². The Morgan fingerprint density at radius 1 is 1.00 bits per heavy atom. The Morgan fingerprint density at radius 3 is 2.37 bits per heavy atom. The number of carbonyl (C=O) groups is 2. The Balaban J connectivity index is 1.07. The maximum atomic E-state index is 15.0. The average molecular weight is 555 g/mol. The molecule has 0 bridgehead atoms. The van der Waals surface area contributed by atoms with Crippen molar-refractivity contribution in [2.45, 2.75) is 51.4 Å². The number of pyridine rings is 1. The summed E-state index contributed by atoms with van der Waals surface area (Å²) in [6.45, 7) is 4.81. The minimum Gasteiger partial charge on any atom is -0.490 e. The minimum atomic E-state index is -1.11. The zero-order valence-electron chi connectivity index (χ0n) is 23.3. The molecule has 3 aromatic rings. The lowest BCUT2D eigenvalue weighted by Crippen LogP contribution is -2.42. The first-order valence-corrected chi connectivity index (χ1v) is 14.3. The Hall–Kier alpha value is -4.09. The molecule has 0 aliphatic carbocycles. The molecule has 2 aromatic carbocycles. The molecule has 7 nitrogen and oxygen atoms in total. The summed E-state index contributed by atoms with van der Waals surface area (Å²) in [6.07, 6.45) is 2.61. The maximum Gasteiger partial charge on any atom is 0.255 e. The van der Waals surface area contributed by atoms with Crippen LogP contribution in [-0.4, -0.2) is 64.9 Å². The van der Waals surface area contributed by atoms with Gasteiger partial charge < -0.3 is 9.64 Å². The second-order valence-corrected chi connectivity index (χ2v) is 11.1. The lowest BCUT2D eigenvalue weighted by Gasteiger charge is -2.34. The van der Waals surface area contributed by atoms with Crippen LogP contribution in [0.2, 0.25) is 0 Å². The van der Waals surface area contributed by atoms with Gasteiger partial charge in [-0.1, -0.05) is 29.8 Å². The summed E-state index contributed by atoms with van der Waals surface area (Å²) >= 11 is 0. The highest BCUT2D eigenvalue weighted by molar-refractivity contribution is 5.97. The second kappa shape index (κ2) is 13.0. The highest BCUT2D eigenvalue weighted by Crippen LogP contribution is 2.27. The molecule has 2 aliphatic heterocycles. The molecule has 3 heterocycles. The Bertz CT molecular complexity index is 1380. The highest BCUT2D eigenvalue weighted by atomic mass is 19.1. The van der Waals surface area contributed by atoms with Crippen LogP contribution in [0.15, 0.2) is 66.9 Å². The van der Waals surface area contributed by atoms with Gasteiger partial charge in [0.2, 0.25) is 0 Å². The smallest absolute Gasteiger partial charge is 0.255 e. The largest absolute Gasteiger partial charge is 0.490 e. The van der Waals surface area contributed by atoms with Gasteiger partial charge in [0, 0.05) is 51.6 Å². The van der Waals surface area contributed by atoms with E-state index >= 15 is 4.39 Å². The van der Waals surface area contributed by atoms with E-state index < -0.39 is 6.17 Å². The van der Waals surface area contributed by atoms with Gasteiger partial charge in [0.1, 0.15) is 23.7 Å². The van der Waals surface area contributed by atoms with E-state index in [1.54, 1.807) is 29.2 Å². The molecule has 0 saturated carbocycles. The Kier molecular flexibility index (Phi) is 9.05. The molecule has 0 unspecified atom stereocenters. The first kappa shape index (κ1) is 28.4. The molecule has 2 atom stereocenters. The van der Waals surface area contributed by atoms with Gasteiger partial charge in [-0.25, -0.2) is 4.39 Å². The molecule has 2 saturated heterocycles. The molecule has 5 rings (SSSR count). The van der Waals surface area contributed by atoms with E-state index in [4.69, 9.17) is 10.00 Å². The second-order valence-electron chi connectivity index (χ2n) is 11.1. The van der Waals surface area contributed by atoms with Crippen molar-refractivity contribution >= 4 is 11.7 Å². The van der Waals surface area contributed by atoms with Gasteiger partial charge in [0.25, 0.3) is 5.91 Å². The molecule has 1 aromatic heterocycles. The summed E-state index contributed by atoms with van der Waals surface area (Å²) in [5, 5.41) is 8.95. The van der Waals surface area contributed by atoms with Crippen molar-refractivity contribution in [1.82, 2.24) is 14.8 Å². The number of carbonyl (C=O) groups excluding carboxylic acids is 2. The summed E-state index contributed by atoms with van der Waals surface area (Å²) in [5.74, 6) is 0.179.